The first-order valence-electron chi connectivity index (χ1n) is 6.55. The van der Waals surface area contributed by atoms with E-state index >= 15 is 0 Å². The molecule has 0 saturated carbocycles. The highest BCUT2D eigenvalue weighted by Crippen LogP contribution is 2.22. The Balaban J connectivity index is 1.81. The van der Waals surface area contributed by atoms with Crippen molar-refractivity contribution in [2.24, 2.45) is 11.7 Å². The first-order valence-corrected chi connectivity index (χ1v) is 7.70. The Morgan fingerprint density at radius 1 is 1.44 bits per heavy atom. The molecular formula is C12H21N3O2S. The summed E-state index contributed by atoms with van der Waals surface area (Å²) in [6.45, 7) is 1.64. The minimum absolute atomic E-state index is 0.00936. The minimum Gasteiger partial charge on any atom is -0.370 e. The van der Waals surface area contributed by atoms with Gasteiger partial charge in [0, 0.05) is 31.1 Å². The van der Waals surface area contributed by atoms with Crippen molar-refractivity contribution in [2.75, 3.05) is 24.7 Å². The maximum absolute atomic E-state index is 12.2. The molecule has 0 radical (unpaired) electrons. The number of nitrogens with two attached hydrogens (primary N) is 1. The second kappa shape index (κ2) is 6.43. The Morgan fingerprint density at radius 2 is 2.28 bits per heavy atom. The molecule has 0 aromatic heterocycles. The standard InChI is InChI=1S/C12H21N3O2S/c13-11(16)4-3-9-2-1-5-15(6-9)12(17)10-7-18-8-14-10/h9-10,14H,1-8H2,(H2,13,16)/t9-,10-/m1/s1. The van der Waals surface area contributed by atoms with Gasteiger partial charge in [-0.15, -0.1) is 11.8 Å². The molecule has 0 spiro atoms. The van der Waals surface area contributed by atoms with Crippen molar-refractivity contribution in [3.63, 3.8) is 0 Å². The van der Waals surface area contributed by atoms with E-state index < -0.39 is 0 Å². The third-order valence-electron chi connectivity index (χ3n) is 3.64. The van der Waals surface area contributed by atoms with Crippen LogP contribution in [0, 0.1) is 5.92 Å². The van der Waals surface area contributed by atoms with Gasteiger partial charge in [-0.25, -0.2) is 0 Å². The van der Waals surface area contributed by atoms with Crippen LogP contribution in [0.2, 0.25) is 0 Å². The molecule has 2 aliphatic heterocycles. The Hall–Kier alpha value is -0.750. The normalized spacial score (nSPS) is 28.3. The number of carbonyl (C=O) groups excluding carboxylic acids is 2. The molecule has 0 aliphatic carbocycles. The summed E-state index contributed by atoms with van der Waals surface area (Å²) >= 11 is 1.77. The molecule has 2 amide bonds. The van der Waals surface area contributed by atoms with E-state index in [-0.39, 0.29) is 17.9 Å². The van der Waals surface area contributed by atoms with E-state index in [4.69, 9.17) is 5.73 Å². The van der Waals surface area contributed by atoms with Gasteiger partial charge in [-0.1, -0.05) is 0 Å². The first-order chi connectivity index (χ1) is 8.66. The molecule has 2 saturated heterocycles. The molecule has 6 heteroatoms. The fourth-order valence-corrected chi connectivity index (χ4v) is 3.55. The molecule has 0 unspecified atom stereocenters. The maximum Gasteiger partial charge on any atom is 0.240 e. The zero-order valence-electron chi connectivity index (χ0n) is 10.6. The summed E-state index contributed by atoms with van der Waals surface area (Å²) in [6, 6.07) is -0.00936. The molecule has 5 nitrogen and oxygen atoms in total. The zero-order valence-corrected chi connectivity index (χ0v) is 11.4. The summed E-state index contributed by atoms with van der Waals surface area (Å²) in [4.78, 5) is 25.0. The Kier molecular flexibility index (Phi) is 4.88. The lowest BCUT2D eigenvalue weighted by Gasteiger charge is -2.34. The van der Waals surface area contributed by atoms with Gasteiger partial charge < -0.3 is 10.6 Å². The van der Waals surface area contributed by atoms with Crippen LogP contribution >= 0.6 is 11.8 Å². The highest BCUT2D eigenvalue weighted by atomic mass is 32.2. The molecule has 0 aromatic rings. The van der Waals surface area contributed by atoms with Gasteiger partial charge in [-0.2, -0.15) is 0 Å². The van der Waals surface area contributed by atoms with Gasteiger partial charge in [0.15, 0.2) is 0 Å². The number of rotatable bonds is 4. The van der Waals surface area contributed by atoms with Gasteiger partial charge in [0.1, 0.15) is 0 Å². The maximum atomic E-state index is 12.2. The van der Waals surface area contributed by atoms with E-state index in [9.17, 15) is 9.59 Å². The molecule has 2 heterocycles. The van der Waals surface area contributed by atoms with Gasteiger partial charge in [0.05, 0.1) is 6.04 Å². The van der Waals surface area contributed by atoms with E-state index in [1.807, 2.05) is 4.90 Å². The molecule has 102 valence electrons. The summed E-state index contributed by atoms with van der Waals surface area (Å²) in [5.74, 6) is 2.16. The number of hydrogen-bond acceptors (Lipinski definition) is 4. The summed E-state index contributed by atoms with van der Waals surface area (Å²) in [5.41, 5.74) is 5.17. The lowest BCUT2D eigenvalue weighted by atomic mass is 9.93. The highest BCUT2D eigenvalue weighted by molar-refractivity contribution is 7.99. The second-order valence-electron chi connectivity index (χ2n) is 5.07. The predicted octanol–water partition coefficient (Wildman–Crippen LogP) is 0.153. The molecule has 0 aromatic carbocycles. The van der Waals surface area contributed by atoms with Crippen molar-refractivity contribution in [1.82, 2.24) is 10.2 Å². The van der Waals surface area contributed by atoms with E-state index in [2.05, 4.69) is 5.32 Å². The van der Waals surface area contributed by atoms with Crippen molar-refractivity contribution in [2.45, 2.75) is 31.7 Å². The van der Waals surface area contributed by atoms with Gasteiger partial charge in [0.25, 0.3) is 0 Å². The second-order valence-corrected chi connectivity index (χ2v) is 6.10. The fraction of sp³-hybridized carbons (Fsp3) is 0.833. The number of primary amides is 1. The van der Waals surface area contributed by atoms with Crippen LogP contribution in [0.4, 0.5) is 0 Å². The van der Waals surface area contributed by atoms with Gasteiger partial charge in [-0.3, -0.25) is 14.9 Å². The van der Waals surface area contributed by atoms with E-state index in [0.717, 1.165) is 44.0 Å². The Bertz CT molecular complexity index is 318. The number of thioether (sulfide) groups is 1. The third kappa shape index (κ3) is 3.62. The van der Waals surface area contributed by atoms with Crippen molar-refractivity contribution in [1.29, 1.82) is 0 Å². The van der Waals surface area contributed by atoms with Gasteiger partial charge in [-0.05, 0) is 25.2 Å². The number of nitrogens with zero attached hydrogens (tertiary/aromatic N) is 1. The summed E-state index contributed by atoms with van der Waals surface area (Å²) in [7, 11) is 0. The van der Waals surface area contributed by atoms with E-state index in [1.165, 1.54) is 0 Å². The number of likely N-dealkylation sites (tertiary alicyclic amines) is 1. The van der Waals surface area contributed by atoms with Crippen LogP contribution in [0.3, 0.4) is 0 Å². The number of amides is 2. The van der Waals surface area contributed by atoms with Crippen LogP contribution in [-0.2, 0) is 9.59 Å². The average molecular weight is 271 g/mol. The minimum atomic E-state index is -0.243. The molecule has 18 heavy (non-hydrogen) atoms. The molecule has 2 rings (SSSR count). The predicted molar refractivity (Wildman–Crippen MR) is 72.0 cm³/mol. The average Bonchev–Trinajstić information content (AvgIpc) is 2.89. The lowest BCUT2D eigenvalue weighted by molar-refractivity contribution is -0.134. The van der Waals surface area contributed by atoms with Gasteiger partial charge >= 0.3 is 0 Å². The van der Waals surface area contributed by atoms with Crippen molar-refractivity contribution >= 4 is 23.6 Å². The molecule has 2 fully saturated rings. The molecule has 2 aliphatic rings. The molecule has 2 atom stereocenters. The van der Waals surface area contributed by atoms with Crippen molar-refractivity contribution in [3.05, 3.63) is 0 Å². The first kappa shape index (κ1) is 13.7. The number of carbonyl (C=O) groups is 2. The summed E-state index contributed by atoms with van der Waals surface area (Å²) in [5, 5.41) is 3.22. The largest absolute Gasteiger partial charge is 0.370 e. The molecular weight excluding hydrogens is 250 g/mol. The van der Waals surface area contributed by atoms with Crippen molar-refractivity contribution < 1.29 is 9.59 Å². The van der Waals surface area contributed by atoms with Crippen LogP contribution in [0.15, 0.2) is 0 Å². The van der Waals surface area contributed by atoms with E-state index in [1.54, 1.807) is 11.8 Å². The molecule has 0 bridgehead atoms. The Labute approximate surface area is 112 Å². The van der Waals surface area contributed by atoms with Crippen LogP contribution in [0.25, 0.3) is 0 Å². The monoisotopic (exact) mass is 271 g/mol. The SMILES string of the molecule is NC(=O)CC[C@H]1CCCN(C(=O)[C@H]2CSCN2)C1. The summed E-state index contributed by atoms with van der Waals surface area (Å²) < 4.78 is 0. The fourth-order valence-electron chi connectivity index (χ4n) is 2.62. The Morgan fingerprint density at radius 3 is 2.94 bits per heavy atom. The van der Waals surface area contributed by atoms with Crippen LogP contribution < -0.4 is 11.1 Å². The summed E-state index contributed by atoms with van der Waals surface area (Å²) in [6.07, 6.45) is 3.38. The lowest BCUT2D eigenvalue weighted by Crippen LogP contribution is -2.48. The number of nitrogens with one attached hydrogen (secondary N) is 1. The highest BCUT2D eigenvalue weighted by Gasteiger charge is 2.30. The van der Waals surface area contributed by atoms with Crippen LogP contribution in [-0.4, -0.2) is 47.5 Å². The van der Waals surface area contributed by atoms with E-state index in [0.29, 0.717) is 12.3 Å². The van der Waals surface area contributed by atoms with Gasteiger partial charge in [0.2, 0.25) is 11.8 Å². The van der Waals surface area contributed by atoms with Crippen LogP contribution in [0.5, 0.6) is 0 Å². The smallest absolute Gasteiger partial charge is 0.240 e. The topological polar surface area (TPSA) is 75.4 Å². The molecule has 3 N–H and O–H groups in total. The quantitative estimate of drug-likeness (QED) is 0.763. The zero-order chi connectivity index (χ0) is 13.0. The van der Waals surface area contributed by atoms with Crippen LogP contribution in [0.1, 0.15) is 25.7 Å². The number of hydrogen-bond donors (Lipinski definition) is 2. The number of piperidine rings is 1. The third-order valence-corrected chi connectivity index (χ3v) is 4.58. The van der Waals surface area contributed by atoms with Crippen molar-refractivity contribution in [3.8, 4) is 0 Å².